The highest BCUT2D eigenvalue weighted by atomic mass is 14.2. The zero-order valence-corrected chi connectivity index (χ0v) is 13.3. The first-order chi connectivity index (χ1) is 9.92. The Kier molecular flexibility index (Phi) is 7.19. The van der Waals surface area contributed by atoms with Crippen molar-refractivity contribution in [2.45, 2.75) is 90.4 Å². The number of rotatable bonds is 11. The summed E-state index contributed by atoms with van der Waals surface area (Å²) < 4.78 is 0. The van der Waals surface area contributed by atoms with Gasteiger partial charge in [0.05, 0.1) is 0 Å². The van der Waals surface area contributed by atoms with Gasteiger partial charge in [0.2, 0.25) is 0 Å². The summed E-state index contributed by atoms with van der Waals surface area (Å²) >= 11 is 0. The van der Waals surface area contributed by atoms with E-state index in [1.165, 1.54) is 89.0 Å². The molecule has 0 saturated heterocycles. The summed E-state index contributed by atoms with van der Waals surface area (Å²) in [6, 6.07) is 7.84. The highest BCUT2D eigenvalue weighted by Gasteiger charge is 2.15. The van der Waals surface area contributed by atoms with Crippen LogP contribution in [0, 0.1) is 6.07 Å². The average Bonchev–Trinajstić information content (AvgIpc) is 2.42. The molecule has 0 spiro atoms. The quantitative estimate of drug-likeness (QED) is 0.430. The minimum Gasteiger partial charge on any atom is -0.0654 e. The van der Waals surface area contributed by atoms with Crippen molar-refractivity contribution in [1.82, 2.24) is 0 Å². The Balaban J connectivity index is 1.45. The normalized spacial score (nSPS) is 13.1. The van der Waals surface area contributed by atoms with E-state index in [1.54, 1.807) is 11.1 Å². The average molecular weight is 271 g/mol. The van der Waals surface area contributed by atoms with E-state index in [0.29, 0.717) is 0 Å². The SMILES string of the molecule is CCCCCCCCCCCCc1[c]ccc2c1CC2. The van der Waals surface area contributed by atoms with Gasteiger partial charge in [0.25, 0.3) is 0 Å². The van der Waals surface area contributed by atoms with Crippen LogP contribution < -0.4 is 0 Å². The molecule has 0 heterocycles. The van der Waals surface area contributed by atoms with Gasteiger partial charge < -0.3 is 0 Å². The second-order valence-corrected chi connectivity index (χ2v) is 6.39. The van der Waals surface area contributed by atoms with Crippen LogP contribution >= 0.6 is 0 Å². The Morgan fingerprint density at radius 1 is 0.850 bits per heavy atom. The van der Waals surface area contributed by atoms with E-state index in [2.05, 4.69) is 25.1 Å². The van der Waals surface area contributed by atoms with Crippen LogP contribution in [-0.2, 0) is 19.3 Å². The molecular formula is C20H31. The van der Waals surface area contributed by atoms with E-state index < -0.39 is 0 Å². The minimum absolute atomic E-state index is 1.26. The summed E-state index contributed by atoms with van der Waals surface area (Å²) in [5, 5.41) is 0. The molecule has 0 unspecified atom stereocenters. The molecule has 0 aromatic heterocycles. The van der Waals surface area contributed by atoms with Crippen molar-refractivity contribution in [2.75, 3.05) is 0 Å². The van der Waals surface area contributed by atoms with Gasteiger partial charge in [0.1, 0.15) is 0 Å². The van der Waals surface area contributed by atoms with Crippen LogP contribution in [0.15, 0.2) is 12.1 Å². The van der Waals surface area contributed by atoms with Gasteiger partial charge >= 0.3 is 0 Å². The third-order valence-corrected chi connectivity index (χ3v) is 4.72. The Morgan fingerprint density at radius 3 is 2.10 bits per heavy atom. The van der Waals surface area contributed by atoms with E-state index in [-0.39, 0.29) is 0 Å². The molecule has 20 heavy (non-hydrogen) atoms. The highest BCUT2D eigenvalue weighted by molar-refractivity contribution is 5.41. The van der Waals surface area contributed by atoms with E-state index in [0.717, 1.165) is 0 Å². The van der Waals surface area contributed by atoms with Crippen molar-refractivity contribution in [3.05, 3.63) is 34.9 Å². The van der Waals surface area contributed by atoms with Crippen LogP contribution in [0.2, 0.25) is 0 Å². The van der Waals surface area contributed by atoms with E-state index in [1.807, 2.05) is 0 Å². The summed E-state index contributed by atoms with van der Waals surface area (Å²) in [6.07, 6.45) is 18.1. The van der Waals surface area contributed by atoms with Crippen molar-refractivity contribution >= 4 is 0 Å². The molecule has 0 aliphatic heterocycles. The smallest absolute Gasteiger partial charge is 0.0146 e. The largest absolute Gasteiger partial charge is 0.0654 e. The molecule has 1 aromatic rings. The molecule has 0 fully saturated rings. The van der Waals surface area contributed by atoms with Crippen molar-refractivity contribution < 1.29 is 0 Å². The van der Waals surface area contributed by atoms with Crippen molar-refractivity contribution in [3.8, 4) is 0 Å². The lowest BCUT2D eigenvalue weighted by Gasteiger charge is -2.22. The number of benzene rings is 1. The zero-order valence-electron chi connectivity index (χ0n) is 13.3. The molecular weight excluding hydrogens is 240 g/mol. The number of unbranched alkanes of at least 4 members (excludes halogenated alkanes) is 9. The van der Waals surface area contributed by atoms with Crippen molar-refractivity contribution in [3.63, 3.8) is 0 Å². The second kappa shape index (κ2) is 9.21. The second-order valence-electron chi connectivity index (χ2n) is 6.39. The first-order valence-electron chi connectivity index (χ1n) is 8.93. The van der Waals surface area contributed by atoms with Crippen LogP contribution in [0.25, 0.3) is 0 Å². The maximum absolute atomic E-state index is 3.46. The van der Waals surface area contributed by atoms with Crippen LogP contribution in [-0.4, -0.2) is 0 Å². The van der Waals surface area contributed by atoms with Crippen molar-refractivity contribution in [2.24, 2.45) is 0 Å². The van der Waals surface area contributed by atoms with Crippen LogP contribution in [0.1, 0.15) is 87.8 Å². The lowest BCUT2D eigenvalue weighted by Crippen LogP contribution is -2.11. The molecule has 0 nitrogen and oxygen atoms in total. The van der Waals surface area contributed by atoms with E-state index >= 15 is 0 Å². The maximum Gasteiger partial charge on any atom is -0.0146 e. The molecule has 1 aliphatic carbocycles. The number of hydrogen-bond donors (Lipinski definition) is 0. The van der Waals surface area contributed by atoms with E-state index in [9.17, 15) is 0 Å². The molecule has 0 amide bonds. The standard InChI is InChI=1S/C20H31/c1-2-3-4-5-6-7-8-9-10-11-13-18-14-12-15-19-16-17-20(18)19/h12,15H,2-11,13,16-17H2,1H3. The summed E-state index contributed by atoms with van der Waals surface area (Å²) in [5.41, 5.74) is 4.74. The highest BCUT2D eigenvalue weighted by Crippen LogP contribution is 2.27. The van der Waals surface area contributed by atoms with Crippen LogP contribution in [0.4, 0.5) is 0 Å². The Morgan fingerprint density at radius 2 is 1.50 bits per heavy atom. The van der Waals surface area contributed by atoms with Gasteiger partial charge in [-0.25, -0.2) is 0 Å². The third-order valence-electron chi connectivity index (χ3n) is 4.72. The van der Waals surface area contributed by atoms with Gasteiger partial charge in [0.15, 0.2) is 0 Å². The van der Waals surface area contributed by atoms with Gasteiger partial charge in [-0.2, -0.15) is 0 Å². The lowest BCUT2D eigenvalue weighted by molar-refractivity contribution is 0.555. The summed E-state index contributed by atoms with van der Waals surface area (Å²) in [4.78, 5) is 0. The molecule has 1 aliphatic rings. The fourth-order valence-corrected chi connectivity index (χ4v) is 3.27. The Hall–Kier alpha value is -0.780. The van der Waals surface area contributed by atoms with Crippen molar-refractivity contribution in [1.29, 1.82) is 0 Å². The molecule has 2 rings (SSSR count). The first-order valence-corrected chi connectivity index (χ1v) is 8.93. The molecule has 0 saturated carbocycles. The molecule has 1 radical (unpaired) electrons. The summed E-state index contributed by atoms with van der Waals surface area (Å²) in [6.45, 7) is 2.29. The molecule has 0 bridgehead atoms. The maximum atomic E-state index is 3.46. The predicted octanol–water partition coefficient (Wildman–Crippen LogP) is 6.05. The third kappa shape index (κ3) is 4.96. The van der Waals surface area contributed by atoms with E-state index in [4.69, 9.17) is 0 Å². The predicted molar refractivity (Wildman–Crippen MR) is 88.2 cm³/mol. The fourth-order valence-electron chi connectivity index (χ4n) is 3.27. The molecule has 111 valence electrons. The molecule has 0 atom stereocenters. The molecule has 0 N–H and O–H groups in total. The van der Waals surface area contributed by atoms with Gasteiger partial charge in [-0.15, -0.1) is 0 Å². The van der Waals surface area contributed by atoms with Gasteiger partial charge in [-0.1, -0.05) is 76.8 Å². The topological polar surface area (TPSA) is 0 Å². The first kappa shape index (κ1) is 15.6. The van der Waals surface area contributed by atoms with Gasteiger partial charge in [-0.3, -0.25) is 0 Å². The summed E-state index contributed by atoms with van der Waals surface area (Å²) in [7, 11) is 0. The lowest BCUT2D eigenvalue weighted by atomic mass is 9.83. The molecule has 1 aromatic carbocycles. The van der Waals surface area contributed by atoms with Crippen LogP contribution in [0.5, 0.6) is 0 Å². The van der Waals surface area contributed by atoms with Crippen LogP contribution in [0.3, 0.4) is 0 Å². The molecule has 0 heteroatoms. The summed E-state index contributed by atoms with van der Waals surface area (Å²) in [5.74, 6) is 0. The Bertz CT molecular complexity index is 378. The number of fused-ring (bicyclic) bond motifs is 1. The minimum atomic E-state index is 1.26. The Labute approximate surface area is 126 Å². The zero-order chi connectivity index (χ0) is 14.0. The van der Waals surface area contributed by atoms with Gasteiger partial charge in [0, 0.05) is 0 Å². The van der Waals surface area contributed by atoms with Gasteiger partial charge in [-0.05, 0) is 48.4 Å². The monoisotopic (exact) mass is 271 g/mol. The number of hydrogen-bond acceptors (Lipinski definition) is 0. The number of aryl methyl sites for hydroxylation is 2. The fraction of sp³-hybridized carbons (Fsp3) is 0.700.